The summed E-state index contributed by atoms with van der Waals surface area (Å²) < 4.78 is 35.4. The summed E-state index contributed by atoms with van der Waals surface area (Å²) in [6.45, 7) is 2.06. The van der Waals surface area contributed by atoms with Crippen LogP contribution in [-0.4, -0.2) is 51.3 Å². The highest BCUT2D eigenvalue weighted by molar-refractivity contribution is 7.86. The third-order valence-electron chi connectivity index (χ3n) is 4.59. The molecule has 0 radical (unpaired) electrons. The molecule has 5 atom stereocenters. The van der Waals surface area contributed by atoms with E-state index in [1.54, 1.807) is 42.5 Å². The van der Waals surface area contributed by atoms with E-state index < -0.39 is 46.2 Å². The number of carbonyl (C=O) groups excluding carboxylic acids is 2. The van der Waals surface area contributed by atoms with Crippen LogP contribution in [0.2, 0.25) is 0 Å². The summed E-state index contributed by atoms with van der Waals surface area (Å²) >= 11 is 0. The Morgan fingerprint density at radius 1 is 1.03 bits per heavy atom. The van der Waals surface area contributed by atoms with Gasteiger partial charge in [-0.25, -0.2) is 4.21 Å². The van der Waals surface area contributed by atoms with E-state index in [0.29, 0.717) is 4.90 Å². The molecular weight excluding hydrogens is 424 g/mol. The van der Waals surface area contributed by atoms with E-state index >= 15 is 0 Å². The van der Waals surface area contributed by atoms with Crippen molar-refractivity contribution in [3.63, 3.8) is 0 Å². The number of esters is 2. The van der Waals surface area contributed by atoms with Crippen molar-refractivity contribution in [2.75, 3.05) is 6.61 Å². The second kappa shape index (κ2) is 10.1. The average molecular weight is 448 g/mol. The minimum Gasteiger partial charge on any atom is -0.456 e. The molecule has 3 rings (SSSR count). The lowest BCUT2D eigenvalue weighted by Crippen LogP contribution is -2.65. The van der Waals surface area contributed by atoms with Gasteiger partial charge in [-0.2, -0.15) is 0 Å². The van der Waals surface area contributed by atoms with Crippen molar-refractivity contribution in [1.29, 1.82) is 0 Å². The van der Waals surface area contributed by atoms with Gasteiger partial charge in [-0.05, 0) is 17.7 Å². The molecule has 2 aromatic rings. The van der Waals surface area contributed by atoms with Crippen LogP contribution in [0.5, 0.6) is 0 Å². The molecule has 2 aromatic carbocycles. The van der Waals surface area contributed by atoms with Crippen LogP contribution in [-0.2, 0) is 45.9 Å². The number of carbonyl (C=O) groups is 2. The molecule has 0 bridgehead atoms. The van der Waals surface area contributed by atoms with E-state index in [1.165, 1.54) is 13.8 Å². The maximum Gasteiger partial charge on any atom is 0.303 e. The van der Waals surface area contributed by atoms with Gasteiger partial charge in [-0.3, -0.25) is 9.59 Å². The van der Waals surface area contributed by atoms with Gasteiger partial charge >= 0.3 is 11.9 Å². The van der Waals surface area contributed by atoms with E-state index in [0.717, 1.165) is 5.56 Å². The van der Waals surface area contributed by atoms with Gasteiger partial charge in [0.25, 0.3) is 5.12 Å². The van der Waals surface area contributed by atoms with Crippen LogP contribution in [0.3, 0.4) is 0 Å². The monoisotopic (exact) mass is 448 g/mol. The Morgan fingerprint density at radius 2 is 1.61 bits per heavy atom. The normalized spacial score (nSPS) is 26.6. The second-order valence-electron chi connectivity index (χ2n) is 6.96. The van der Waals surface area contributed by atoms with Crippen LogP contribution < -0.4 is 0 Å². The molecule has 1 saturated heterocycles. The van der Waals surface area contributed by atoms with Crippen LogP contribution in [0, 0.1) is 0 Å². The highest BCUT2D eigenvalue weighted by Crippen LogP contribution is 2.36. The number of hydrogen-bond donors (Lipinski definition) is 1. The molecular formula is C22H24O8S. The van der Waals surface area contributed by atoms with E-state index in [2.05, 4.69) is 0 Å². The van der Waals surface area contributed by atoms with Crippen molar-refractivity contribution < 1.29 is 37.9 Å². The van der Waals surface area contributed by atoms with Crippen molar-refractivity contribution in [2.45, 2.75) is 48.8 Å². The molecule has 1 aliphatic heterocycles. The molecule has 0 spiro atoms. The molecule has 8 nitrogen and oxygen atoms in total. The van der Waals surface area contributed by atoms with Gasteiger partial charge in [0.15, 0.2) is 18.3 Å². The topological polar surface area (TPSA) is 108 Å². The lowest BCUT2D eigenvalue weighted by atomic mass is 10.0. The highest BCUT2D eigenvalue weighted by atomic mass is 32.2. The predicted molar refractivity (Wildman–Crippen MR) is 110 cm³/mol. The van der Waals surface area contributed by atoms with Crippen LogP contribution in [0.25, 0.3) is 0 Å². The molecule has 166 valence electrons. The third-order valence-corrected chi connectivity index (χ3v) is 6.18. The standard InChI is InChI=1S/C22H24O8S/c1-15(23)29-19-14-28-22(25,31(26)18-11-7-4-8-12-18)21(20(19)30-16(2)24)27-13-17-9-5-3-6-10-17/h3-12,19-21,25H,13-14H2,1-2H3/t19-,20-,21+,22?,31?/m0/s1. The lowest BCUT2D eigenvalue weighted by Gasteiger charge is -2.44. The molecule has 31 heavy (non-hydrogen) atoms. The zero-order valence-corrected chi connectivity index (χ0v) is 17.9. The first-order chi connectivity index (χ1) is 14.8. The average Bonchev–Trinajstić information content (AvgIpc) is 2.75. The number of ether oxygens (including phenoxy) is 4. The van der Waals surface area contributed by atoms with Crippen molar-refractivity contribution in [3.8, 4) is 0 Å². The summed E-state index contributed by atoms with van der Waals surface area (Å²) in [5, 5.41) is 9.03. The molecule has 0 saturated carbocycles. The Balaban J connectivity index is 1.97. The van der Waals surface area contributed by atoms with Crippen LogP contribution in [0.4, 0.5) is 0 Å². The Bertz CT molecular complexity index is 920. The highest BCUT2D eigenvalue weighted by Gasteiger charge is 2.58. The summed E-state index contributed by atoms with van der Waals surface area (Å²) in [4.78, 5) is 23.7. The Kier molecular flexibility index (Phi) is 7.55. The largest absolute Gasteiger partial charge is 0.456 e. The fourth-order valence-corrected chi connectivity index (χ4v) is 4.59. The van der Waals surface area contributed by atoms with E-state index in [1.807, 2.05) is 18.2 Å². The van der Waals surface area contributed by atoms with Gasteiger partial charge in [-0.15, -0.1) is 0 Å². The molecule has 1 heterocycles. The smallest absolute Gasteiger partial charge is 0.303 e. The van der Waals surface area contributed by atoms with Gasteiger partial charge in [0.05, 0.1) is 13.2 Å². The van der Waals surface area contributed by atoms with E-state index in [4.69, 9.17) is 18.9 Å². The van der Waals surface area contributed by atoms with Crippen molar-refractivity contribution >= 4 is 22.7 Å². The van der Waals surface area contributed by atoms with Crippen LogP contribution in [0.15, 0.2) is 65.6 Å². The quantitative estimate of drug-likeness (QED) is 0.640. The summed E-state index contributed by atoms with van der Waals surface area (Å²) in [7, 11) is -2.11. The van der Waals surface area contributed by atoms with Crippen molar-refractivity contribution in [3.05, 3.63) is 66.2 Å². The predicted octanol–water partition coefficient (Wildman–Crippen LogP) is 1.92. The summed E-state index contributed by atoms with van der Waals surface area (Å²) in [6.07, 6.45) is -3.69. The van der Waals surface area contributed by atoms with Gasteiger partial charge in [0.1, 0.15) is 10.8 Å². The maximum atomic E-state index is 13.3. The minimum atomic E-state index is -2.35. The molecule has 1 aliphatic rings. The fourth-order valence-electron chi connectivity index (χ4n) is 3.26. The van der Waals surface area contributed by atoms with Gasteiger partial charge in [-0.1, -0.05) is 48.5 Å². The lowest BCUT2D eigenvalue weighted by molar-refractivity contribution is -0.294. The van der Waals surface area contributed by atoms with Crippen molar-refractivity contribution in [2.24, 2.45) is 0 Å². The van der Waals surface area contributed by atoms with Gasteiger partial charge in [0, 0.05) is 18.7 Å². The van der Waals surface area contributed by atoms with Crippen LogP contribution in [0.1, 0.15) is 19.4 Å². The van der Waals surface area contributed by atoms with Gasteiger partial charge < -0.3 is 24.1 Å². The summed E-state index contributed by atoms with van der Waals surface area (Å²) in [6, 6.07) is 17.3. The zero-order chi connectivity index (χ0) is 22.4. The molecule has 2 unspecified atom stereocenters. The first-order valence-electron chi connectivity index (χ1n) is 9.64. The van der Waals surface area contributed by atoms with Crippen molar-refractivity contribution in [1.82, 2.24) is 0 Å². The SMILES string of the molecule is CC(=O)O[C@H]1[C@@H](OC(C)=O)COC(O)(S(=O)c2ccccc2)[C@@H]1OCc1ccccc1. The molecule has 9 heteroatoms. The van der Waals surface area contributed by atoms with Crippen LogP contribution >= 0.6 is 0 Å². The van der Waals surface area contributed by atoms with E-state index in [-0.39, 0.29) is 13.2 Å². The molecule has 1 fully saturated rings. The number of benzene rings is 2. The molecule has 0 amide bonds. The Labute approximate surface area is 182 Å². The number of rotatable bonds is 7. The van der Waals surface area contributed by atoms with E-state index in [9.17, 15) is 18.9 Å². The maximum absolute atomic E-state index is 13.3. The Morgan fingerprint density at radius 3 is 2.19 bits per heavy atom. The molecule has 1 N–H and O–H groups in total. The zero-order valence-electron chi connectivity index (χ0n) is 17.1. The molecule has 0 aromatic heterocycles. The minimum absolute atomic E-state index is 0.00766. The second-order valence-corrected chi connectivity index (χ2v) is 8.56. The number of aliphatic hydroxyl groups is 1. The first kappa shape index (κ1) is 23.1. The molecule has 0 aliphatic carbocycles. The third kappa shape index (κ3) is 5.56. The first-order valence-corrected chi connectivity index (χ1v) is 10.8. The summed E-state index contributed by atoms with van der Waals surface area (Å²) in [5.41, 5.74) is 0.770. The summed E-state index contributed by atoms with van der Waals surface area (Å²) in [5.74, 6) is -1.30. The number of hydrogen-bond acceptors (Lipinski definition) is 8. The Hall–Kier alpha value is -2.59. The van der Waals surface area contributed by atoms with Gasteiger partial charge in [0.2, 0.25) is 0 Å². The fraction of sp³-hybridized carbons (Fsp3) is 0.364.